The molecule has 1 rings (SSSR count). The van der Waals surface area contributed by atoms with Crippen LogP contribution in [0, 0.1) is 0 Å². The highest BCUT2D eigenvalue weighted by molar-refractivity contribution is 6.42. The lowest BCUT2D eigenvalue weighted by Crippen LogP contribution is -2.28. The second kappa shape index (κ2) is 5.97. The summed E-state index contributed by atoms with van der Waals surface area (Å²) in [6.07, 6.45) is 0. The first-order chi connectivity index (χ1) is 7.54. The van der Waals surface area contributed by atoms with Crippen molar-refractivity contribution in [2.45, 2.75) is 19.9 Å². The van der Waals surface area contributed by atoms with Gasteiger partial charge in [0.1, 0.15) is 6.04 Å². The van der Waals surface area contributed by atoms with Crippen LogP contribution >= 0.6 is 23.2 Å². The number of esters is 1. The second-order valence-electron chi connectivity index (χ2n) is 3.25. The van der Waals surface area contributed by atoms with Crippen LogP contribution in [0.5, 0.6) is 0 Å². The predicted molar refractivity (Wildman–Crippen MR) is 66.2 cm³/mol. The van der Waals surface area contributed by atoms with Gasteiger partial charge in [-0.25, -0.2) is 4.79 Å². The highest BCUT2D eigenvalue weighted by atomic mass is 35.5. The SMILES string of the molecule is CCOC(=O)[C@@H](C)Nc1ccc(Cl)c(Cl)c1. The summed E-state index contributed by atoms with van der Waals surface area (Å²) in [5, 5.41) is 3.91. The number of carbonyl (C=O) groups is 1. The Morgan fingerprint density at radius 1 is 1.44 bits per heavy atom. The van der Waals surface area contributed by atoms with Gasteiger partial charge in [0.2, 0.25) is 0 Å². The summed E-state index contributed by atoms with van der Waals surface area (Å²) in [7, 11) is 0. The summed E-state index contributed by atoms with van der Waals surface area (Å²) < 4.78 is 4.87. The first kappa shape index (κ1) is 13.1. The van der Waals surface area contributed by atoms with Crippen molar-refractivity contribution in [1.82, 2.24) is 0 Å². The number of carbonyl (C=O) groups excluding carboxylic acids is 1. The number of hydrogen-bond acceptors (Lipinski definition) is 3. The Morgan fingerprint density at radius 2 is 2.12 bits per heavy atom. The molecule has 0 saturated heterocycles. The van der Waals surface area contributed by atoms with Gasteiger partial charge in [-0.05, 0) is 32.0 Å². The Labute approximate surface area is 105 Å². The number of hydrogen-bond donors (Lipinski definition) is 1. The summed E-state index contributed by atoms with van der Waals surface area (Å²) >= 11 is 11.6. The van der Waals surface area contributed by atoms with E-state index in [-0.39, 0.29) is 5.97 Å². The topological polar surface area (TPSA) is 38.3 Å². The molecule has 0 aromatic heterocycles. The number of benzene rings is 1. The van der Waals surface area contributed by atoms with Crippen LogP contribution in [0.25, 0.3) is 0 Å². The fraction of sp³-hybridized carbons (Fsp3) is 0.364. The van der Waals surface area contributed by atoms with Gasteiger partial charge in [0.15, 0.2) is 0 Å². The minimum atomic E-state index is -0.419. The lowest BCUT2D eigenvalue weighted by Gasteiger charge is -2.14. The maximum Gasteiger partial charge on any atom is 0.328 e. The predicted octanol–water partition coefficient (Wildman–Crippen LogP) is 3.36. The molecule has 16 heavy (non-hydrogen) atoms. The molecule has 0 aliphatic heterocycles. The van der Waals surface area contributed by atoms with Crippen molar-refractivity contribution in [3.8, 4) is 0 Å². The maximum atomic E-state index is 11.4. The average molecular weight is 262 g/mol. The molecule has 1 aromatic carbocycles. The van der Waals surface area contributed by atoms with E-state index in [4.69, 9.17) is 27.9 Å². The van der Waals surface area contributed by atoms with Gasteiger partial charge in [-0.1, -0.05) is 23.2 Å². The van der Waals surface area contributed by atoms with E-state index in [2.05, 4.69) is 5.32 Å². The van der Waals surface area contributed by atoms with Crippen molar-refractivity contribution in [1.29, 1.82) is 0 Å². The molecule has 0 fully saturated rings. The highest BCUT2D eigenvalue weighted by Gasteiger charge is 2.13. The molecule has 0 amide bonds. The number of nitrogens with one attached hydrogen (secondary N) is 1. The van der Waals surface area contributed by atoms with Gasteiger partial charge in [-0.15, -0.1) is 0 Å². The van der Waals surface area contributed by atoms with Crippen LogP contribution in [0.15, 0.2) is 18.2 Å². The first-order valence-electron chi connectivity index (χ1n) is 4.92. The van der Waals surface area contributed by atoms with E-state index in [1.165, 1.54) is 0 Å². The van der Waals surface area contributed by atoms with E-state index in [0.717, 1.165) is 5.69 Å². The molecule has 88 valence electrons. The molecule has 0 saturated carbocycles. The smallest absolute Gasteiger partial charge is 0.328 e. The third kappa shape index (κ3) is 3.58. The van der Waals surface area contributed by atoms with Crippen molar-refractivity contribution in [2.24, 2.45) is 0 Å². The van der Waals surface area contributed by atoms with Gasteiger partial charge in [-0.3, -0.25) is 0 Å². The third-order valence-corrected chi connectivity index (χ3v) is 2.68. The number of halogens is 2. The molecular formula is C11H13Cl2NO2. The van der Waals surface area contributed by atoms with E-state index in [9.17, 15) is 4.79 Å². The minimum absolute atomic E-state index is 0.298. The molecule has 0 bridgehead atoms. The quantitative estimate of drug-likeness (QED) is 0.845. The van der Waals surface area contributed by atoms with Gasteiger partial charge >= 0.3 is 5.97 Å². The van der Waals surface area contributed by atoms with Crippen LogP contribution in [0.2, 0.25) is 10.0 Å². The Kier molecular flexibility index (Phi) is 4.90. The number of anilines is 1. The third-order valence-electron chi connectivity index (χ3n) is 1.94. The molecule has 3 nitrogen and oxygen atoms in total. The molecule has 0 radical (unpaired) electrons. The molecule has 1 aromatic rings. The van der Waals surface area contributed by atoms with Crippen LogP contribution in [0.1, 0.15) is 13.8 Å². The zero-order valence-corrected chi connectivity index (χ0v) is 10.6. The Hall–Kier alpha value is -0.930. The number of rotatable bonds is 4. The fourth-order valence-corrected chi connectivity index (χ4v) is 1.46. The van der Waals surface area contributed by atoms with Gasteiger partial charge in [0.05, 0.1) is 16.7 Å². The maximum absolute atomic E-state index is 11.4. The van der Waals surface area contributed by atoms with E-state index in [0.29, 0.717) is 16.7 Å². The van der Waals surface area contributed by atoms with E-state index in [1.807, 2.05) is 0 Å². The number of ether oxygens (including phenoxy) is 1. The van der Waals surface area contributed by atoms with Crippen molar-refractivity contribution in [2.75, 3.05) is 11.9 Å². The second-order valence-corrected chi connectivity index (χ2v) is 4.06. The summed E-state index contributed by atoms with van der Waals surface area (Å²) in [6, 6.07) is 4.67. The molecule has 0 unspecified atom stereocenters. The molecule has 0 heterocycles. The molecule has 5 heteroatoms. The Morgan fingerprint density at radius 3 is 2.69 bits per heavy atom. The molecule has 1 N–H and O–H groups in total. The summed E-state index contributed by atoms with van der Waals surface area (Å²) in [5.74, 6) is -0.298. The Bertz CT molecular complexity index is 382. The van der Waals surface area contributed by atoms with E-state index >= 15 is 0 Å². The Balaban J connectivity index is 2.66. The zero-order valence-electron chi connectivity index (χ0n) is 9.09. The van der Waals surface area contributed by atoms with Crippen LogP contribution in [0.4, 0.5) is 5.69 Å². The van der Waals surface area contributed by atoms with Crippen molar-refractivity contribution in [3.05, 3.63) is 28.2 Å². The van der Waals surface area contributed by atoms with Crippen LogP contribution in [0.3, 0.4) is 0 Å². The summed E-state index contributed by atoms with van der Waals surface area (Å²) in [5.41, 5.74) is 0.731. The minimum Gasteiger partial charge on any atom is -0.464 e. The molecule has 0 aliphatic rings. The fourth-order valence-electron chi connectivity index (χ4n) is 1.16. The van der Waals surface area contributed by atoms with E-state index < -0.39 is 6.04 Å². The van der Waals surface area contributed by atoms with Crippen molar-refractivity contribution in [3.63, 3.8) is 0 Å². The lowest BCUT2D eigenvalue weighted by molar-refractivity contribution is -0.143. The normalized spacial score (nSPS) is 12.0. The average Bonchev–Trinajstić information content (AvgIpc) is 2.24. The first-order valence-corrected chi connectivity index (χ1v) is 5.68. The highest BCUT2D eigenvalue weighted by Crippen LogP contribution is 2.25. The van der Waals surface area contributed by atoms with Crippen molar-refractivity contribution < 1.29 is 9.53 Å². The molecular weight excluding hydrogens is 249 g/mol. The van der Waals surface area contributed by atoms with Gasteiger partial charge in [0, 0.05) is 5.69 Å². The largest absolute Gasteiger partial charge is 0.464 e. The molecule has 0 aliphatic carbocycles. The lowest BCUT2D eigenvalue weighted by atomic mass is 10.2. The summed E-state index contributed by atoms with van der Waals surface area (Å²) in [4.78, 5) is 11.4. The van der Waals surface area contributed by atoms with E-state index in [1.54, 1.807) is 32.0 Å². The van der Waals surface area contributed by atoms with Gasteiger partial charge in [0.25, 0.3) is 0 Å². The van der Waals surface area contributed by atoms with Crippen molar-refractivity contribution >= 4 is 34.9 Å². The zero-order chi connectivity index (χ0) is 12.1. The monoisotopic (exact) mass is 261 g/mol. The standard InChI is InChI=1S/C11H13Cl2NO2/c1-3-16-11(15)7(2)14-8-4-5-9(12)10(13)6-8/h4-7,14H,3H2,1-2H3/t7-/m1/s1. The van der Waals surface area contributed by atoms with Crippen LogP contribution < -0.4 is 5.32 Å². The van der Waals surface area contributed by atoms with Crippen LogP contribution in [-0.4, -0.2) is 18.6 Å². The van der Waals surface area contributed by atoms with Crippen LogP contribution in [-0.2, 0) is 9.53 Å². The van der Waals surface area contributed by atoms with Gasteiger partial charge < -0.3 is 10.1 Å². The molecule has 0 spiro atoms. The summed E-state index contributed by atoms with van der Waals surface area (Å²) in [6.45, 7) is 3.86. The van der Waals surface area contributed by atoms with Gasteiger partial charge in [-0.2, -0.15) is 0 Å². The molecule has 1 atom stereocenters.